The summed E-state index contributed by atoms with van der Waals surface area (Å²) >= 11 is 0. The summed E-state index contributed by atoms with van der Waals surface area (Å²) in [5, 5.41) is 8.89. The molecule has 1 unspecified atom stereocenters. The molecule has 0 amide bonds. The van der Waals surface area contributed by atoms with Gasteiger partial charge in [0.15, 0.2) is 5.78 Å². The number of hydrogen-bond donors (Lipinski definition) is 0. The van der Waals surface area contributed by atoms with Crippen molar-refractivity contribution in [3.8, 4) is 6.07 Å². The van der Waals surface area contributed by atoms with Crippen molar-refractivity contribution in [3.05, 3.63) is 35.9 Å². The van der Waals surface area contributed by atoms with E-state index in [2.05, 4.69) is 6.07 Å². The highest BCUT2D eigenvalue weighted by atomic mass is 16.1. The minimum atomic E-state index is -0.455. The minimum absolute atomic E-state index is 0.0568. The number of hydrogen-bond acceptors (Lipinski definition) is 2. The van der Waals surface area contributed by atoms with Crippen molar-refractivity contribution >= 4 is 5.78 Å². The Hall–Kier alpha value is -1.62. The van der Waals surface area contributed by atoms with Gasteiger partial charge in [-0.25, -0.2) is 0 Å². The molecule has 1 rings (SSSR count). The molecular weight excluding hydrogens is 198 g/mol. The first-order valence-corrected chi connectivity index (χ1v) is 5.61. The number of rotatable bonds is 5. The Labute approximate surface area is 96.9 Å². The molecule has 1 atom stereocenters. The van der Waals surface area contributed by atoms with E-state index in [1.165, 1.54) is 0 Å². The van der Waals surface area contributed by atoms with Crippen LogP contribution in [-0.2, 0) is 11.2 Å². The highest BCUT2D eigenvalue weighted by Gasteiger charge is 2.20. The van der Waals surface area contributed by atoms with Crippen LogP contribution >= 0.6 is 0 Å². The lowest BCUT2D eigenvalue weighted by molar-refractivity contribution is -0.122. The van der Waals surface area contributed by atoms with Gasteiger partial charge in [-0.1, -0.05) is 44.2 Å². The summed E-state index contributed by atoms with van der Waals surface area (Å²) in [7, 11) is 0. The van der Waals surface area contributed by atoms with Crippen LogP contribution in [-0.4, -0.2) is 5.78 Å². The van der Waals surface area contributed by atoms with Crippen molar-refractivity contribution in [2.45, 2.75) is 26.7 Å². The van der Waals surface area contributed by atoms with Crippen molar-refractivity contribution < 1.29 is 4.79 Å². The largest absolute Gasteiger partial charge is 0.298 e. The van der Waals surface area contributed by atoms with Gasteiger partial charge >= 0.3 is 0 Å². The molecule has 0 saturated heterocycles. The standard InChI is InChI=1S/C14H17NO/c1-11(2)13(10-15)14(16)9-8-12-6-4-3-5-7-12/h3-7,11,13H,8-9H2,1-2H3. The van der Waals surface area contributed by atoms with Gasteiger partial charge in [-0.3, -0.25) is 4.79 Å². The second-order valence-corrected chi connectivity index (χ2v) is 4.30. The van der Waals surface area contributed by atoms with Crippen LogP contribution in [0.4, 0.5) is 0 Å². The molecule has 84 valence electrons. The molecule has 0 bridgehead atoms. The molecule has 1 aromatic rings. The van der Waals surface area contributed by atoms with Gasteiger partial charge < -0.3 is 0 Å². The zero-order valence-corrected chi connectivity index (χ0v) is 9.81. The Morgan fingerprint density at radius 3 is 2.44 bits per heavy atom. The third kappa shape index (κ3) is 3.51. The number of nitriles is 1. The van der Waals surface area contributed by atoms with E-state index in [0.29, 0.717) is 6.42 Å². The predicted octanol–water partition coefficient (Wildman–Crippen LogP) is 2.98. The van der Waals surface area contributed by atoms with Crippen LogP contribution < -0.4 is 0 Å². The third-order valence-electron chi connectivity index (χ3n) is 2.66. The van der Waals surface area contributed by atoms with Gasteiger partial charge in [-0.2, -0.15) is 5.26 Å². The van der Waals surface area contributed by atoms with E-state index in [1.54, 1.807) is 0 Å². The fourth-order valence-corrected chi connectivity index (χ4v) is 1.66. The van der Waals surface area contributed by atoms with Gasteiger partial charge in [0.25, 0.3) is 0 Å². The number of ketones is 1. The molecule has 0 radical (unpaired) electrons. The van der Waals surface area contributed by atoms with Crippen LogP contribution in [0, 0.1) is 23.2 Å². The van der Waals surface area contributed by atoms with E-state index in [9.17, 15) is 4.79 Å². The average Bonchev–Trinajstić information content (AvgIpc) is 2.28. The lowest BCUT2D eigenvalue weighted by Crippen LogP contribution is -2.18. The quantitative estimate of drug-likeness (QED) is 0.757. The maximum Gasteiger partial charge on any atom is 0.150 e. The fraction of sp³-hybridized carbons (Fsp3) is 0.429. The Balaban J connectivity index is 2.50. The highest BCUT2D eigenvalue weighted by molar-refractivity contribution is 5.83. The zero-order valence-electron chi connectivity index (χ0n) is 9.81. The molecule has 16 heavy (non-hydrogen) atoms. The normalized spacial score (nSPS) is 12.1. The van der Waals surface area contributed by atoms with Crippen molar-refractivity contribution in [1.82, 2.24) is 0 Å². The van der Waals surface area contributed by atoms with Gasteiger partial charge in [0.1, 0.15) is 5.92 Å². The lowest BCUT2D eigenvalue weighted by atomic mass is 9.90. The summed E-state index contributed by atoms with van der Waals surface area (Å²) < 4.78 is 0. The van der Waals surface area contributed by atoms with E-state index < -0.39 is 5.92 Å². The van der Waals surface area contributed by atoms with Gasteiger partial charge in [-0.05, 0) is 17.9 Å². The first kappa shape index (κ1) is 12.4. The predicted molar refractivity (Wildman–Crippen MR) is 63.7 cm³/mol. The van der Waals surface area contributed by atoms with Crippen LogP contribution in [0.5, 0.6) is 0 Å². The molecule has 0 N–H and O–H groups in total. The monoisotopic (exact) mass is 215 g/mol. The van der Waals surface area contributed by atoms with Crippen molar-refractivity contribution in [2.24, 2.45) is 11.8 Å². The average molecular weight is 215 g/mol. The summed E-state index contributed by atoms with van der Waals surface area (Å²) in [6.45, 7) is 3.82. The molecule has 0 heterocycles. The SMILES string of the molecule is CC(C)C(C#N)C(=O)CCc1ccccc1. The zero-order chi connectivity index (χ0) is 12.0. The lowest BCUT2D eigenvalue weighted by Gasteiger charge is -2.11. The van der Waals surface area contributed by atoms with Gasteiger partial charge in [0, 0.05) is 6.42 Å². The highest BCUT2D eigenvalue weighted by Crippen LogP contribution is 2.14. The first-order chi connectivity index (χ1) is 7.65. The maximum absolute atomic E-state index is 11.8. The van der Waals surface area contributed by atoms with Gasteiger partial charge in [-0.15, -0.1) is 0 Å². The van der Waals surface area contributed by atoms with E-state index in [4.69, 9.17) is 5.26 Å². The first-order valence-electron chi connectivity index (χ1n) is 5.61. The Morgan fingerprint density at radius 1 is 1.31 bits per heavy atom. The Kier molecular flexibility index (Phi) is 4.72. The molecule has 0 fully saturated rings. The van der Waals surface area contributed by atoms with Crippen molar-refractivity contribution in [3.63, 3.8) is 0 Å². The van der Waals surface area contributed by atoms with E-state index in [0.717, 1.165) is 12.0 Å². The number of aryl methyl sites for hydroxylation is 1. The smallest absolute Gasteiger partial charge is 0.150 e. The third-order valence-corrected chi connectivity index (χ3v) is 2.66. The molecule has 2 nitrogen and oxygen atoms in total. The fourth-order valence-electron chi connectivity index (χ4n) is 1.66. The van der Waals surface area contributed by atoms with Crippen LogP contribution in [0.2, 0.25) is 0 Å². The molecule has 0 saturated carbocycles. The van der Waals surface area contributed by atoms with Crippen LogP contribution in [0.3, 0.4) is 0 Å². The van der Waals surface area contributed by atoms with Crippen LogP contribution in [0.1, 0.15) is 25.8 Å². The molecular formula is C14H17NO. The van der Waals surface area contributed by atoms with Crippen LogP contribution in [0.25, 0.3) is 0 Å². The molecule has 0 aliphatic carbocycles. The summed E-state index contributed by atoms with van der Waals surface area (Å²) in [5.74, 6) is -0.293. The second kappa shape index (κ2) is 6.07. The molecule has 1 aromatic carbocycles. The maximum atomic E-state index is 11.8. The van der Waals surface area contributed by atoms with E-state index in [1.807, 2.05) is 44.2 Å². The summed E-state index contributed by atoms with van der Waals surface area (Å²) in [6.07, 6.45) is 1.19. The topological polar surface area (TPSA) is 40.9 Å². The minimum Gasteiger partial charge on any atom is -0.298 e. The van der Waals surface area contributed by atoms with Gasteiger partial charge in [0.05, 0.1) is 6.07 Å². The molecule has 2 heteroatoms. The molecule has 0 aliphatic rings. The molecule has 0 spiro atoms. The van der Waals surface area contributed by atoms with Crippen molar-refractivity contribution in [2.75, 3.05) is 0 Å². The van der Waals surface area contributed by atoms with Gasteiger partial charge in [0.2, 0.25) is 0 Å². The van der Waals surface area contributed by atoms with Crippen LogP contribution in [0.15, 0.2) is 30.3 Å². The molecule has 0 aromatic heterocycles. The molecule has 0 aliphatic heterocycles. The van der Waals surface area contributed by atoms with E-state index in [-0.39, 0.29) is 11.7 Å². The number of carbonyl (C=O) groups excluding carboxylic acids is 1. The second-order valence-electron chi connectivity index (χ2n) is 4.30. The van der Waals surface area contributed by atoms with Crippen molar-refractivity contribution in [1.29, 1.82) is 5.26 Å². The number of carbonyl (C=O) groups is 1. The summed E-state index contributed by atoms with van der Waals surface area (Å²) in [6, 6.07) is 12.0. The number of nitrogens with zero attached hydrogens (tertiary/aromatic N) is 1. The summed E-state index contributed by atoms with van der Waals surface area (Å²) in [5.41, 5.74) is 1.15. The number of Topliss-reactive ketones (excluding diaryl/α,β-unsaturated/α-hetero) is 1. The Bertz CT molecular complexity index is 375. The van der Waals surface area contributed by atoms with E-state index >= 15 is 0 Å². The summed E-state index contributed by atoms with van der Waals surface area (Å²) in [4.78, 5) is 11.8. The Morgan fingerprint density at radius 2 is 1.94 bits per heavy atom. The number of benzene rings is 1.